The first-order chi connectivity index (χ1) is 19.2. The average Bonchev–Trinajstić information content (AvgIpc) is 3.45. The predicted molar refractivity (Wildman–Crippen MR) is 152 cm³/mol. The molecule has 8 nitrogen and oxygen atoms in total. The first-order valence-corrected chi connectivity index (χ1v) is 14.6. The van der Waals surface area contributed by atoms with Crippen molar-refractivity contribution in [2.45, 2.75) is 69.7 Å². The van der Waals surface area contributed by atoms with E-state index < -0.39 is 29.1 Å². The number of unbranched alkanes of at least 4 members (excludes halogenated alkanes) is 3. The molecule has 3 fully saturated rings. The minimum absolute atomic E-state index is 0.0284. The number of halogens is 1. The van der Waals surface area contributed by atoms with Crippen LogP contribution in [0.3, 0.4) is 0 Å². The Balaban J connectivity index is 1.44. The third kappa shape index (κ3) is 5.01. The van der Waals surface area contributed by atoms with Gasteiger partial charge in [-0.2, -0.15) is 0 Å². The van der Waals surface area contributed by atoms with Gasteiger partial charge >= 0.3 is 0 Å². The Hall–Kier alpha value is -2.94. The number of fused-ring (bicyclic) bond motifs is 1. The highest BCUT2D eigenvalue weighted by molar-refractivity contribution is 6.30. The van der Waals surface area contributed by atoms with Crippen LogP contribution in [0.1, 0.15) is 51.5 Å². The Kier molecular flexibility index (Phi) is 8.22. The number of likely N-dealkylation sites (tertiary alicyclic amines) is 1. The van der Waals surface area contributed by atoms with Crippen LogP contribution in [0.15, 0.2) is 54.6 Å². The molecule has 3 unspecified atom stereocenters. The van der Waals surface area contributed by atoms with E-state index in [1.807, 2.05) is 44.2 Å². The zero-order valence-corrected chi connectivity index (χ0v) is 23.8. The van der Waals surface area contributed by atoms with E-state index in [1.54, 1.807) is 29.2 Å². The van der Waals surface area contributed by atoms with Gasteiger partial charge in [-0.3, -0.25) is 14.4 Å². The number of anilines is 1. The SMILES string of the molecule is CC1CC23O[C@@]1(C)[C@H](C(=O)NCc1ccccc1)[C@H]2C(=O)N(CCCCCCO)C3C(=O)Nc1ccc(Cl)cc1. The molecule has 3 aliphatic heterocycles. The molecule has 0 aromatic heterocycles. The molecular weight excluding hydrogens is 530 g/mol. The number of amides is 3. The Morgan fingerprint density at radius 3 is 2.45 bits per heavy atom. The average molecular weight is 568 g/mol. The second-order valence-electron chi connectivity index (χ2n) is 11.6. The van der Waals surface area contributed by atoms with E-state index in [-0.39, 0.29) is 30.2 Å². The fourth-order valence-corrected chi connectivity index (χ4v) is 7.19. The highest BCUT2D eigenvalue weighted by atomic mass is 35.5. The number of aliphatic hydroxyl groups is 1. The molecule has 6 atom stereocenters. The van der Waals surface area contributed by atoms with Crippen molar-refractivity contribution >= 4 is 35.0 Å². The molecule has 2 aromatic carbocycles. The summed E-state index contributed by atoms with van der Waals surface area (Å²) in [7, 11) is 0. The van der Waals surface area contributed by atoms with Crippen LogP contribution in [0.4, 0.5) is 5.69 Å². The molecule has 9 heteroatoms. The van der Waals surface area contributed by atoms with Crippen LogP contribution in [-0.4, -0.2) is 58.1 Å². The van der Waals surface area contributed by atoms with Gasteiger partial charge in [0, 0.05) is 30.4 Å². The number of nitrogens with zero attached hydrogens (tertiary/aromatic N) is 1. The van der Waals surface area contributed by atoms with E-state index in [9.17, 15) is 14.4 Å². The molecule has 5 rings (SSSR count). The van der Waals surface area contributed by atoms with E-state index in [4.69, 9.17) is 21.4 Å². The standard InChI is InChI=1S/C31H38ClN3O5/c1-20-18-31-25(24(30(20,2)40-31)27(37)33-19-21-10-6-5-7-11-21)29(39)35(16-8-3-4-9-17-36)26(31)28(38)34-23-14-12-22(32)13-15-23/h5-7,10-15,20,24-26,36H,3-4,8-9,16-19H2,1-2H3,(H,33,37)(H,34,38)/t20?,24-,25-,26?,30+,31?/m0/s1. The van der Waals surface area contributed by atoms with Gasteiger partial charge in [0.25, 0.3) is 0 Å². The fraction of sp³-hybridized carbons (Fsp3) is 0.516. The van der Waals surface area contributed by atoms with Gasteiger partial charge in [0.2, 0.25) is 17.7 Å². The lowest BCUT2D eigenvalue weighted by Gasteiger charge is -2.36. The highest BCUT2D eigenvalue weighted by Crippen LogP contribution is 2.65. The molecule has 2 aromatic rings. The molecule has 0 aliphatic carbocycles. The van der Waals surface area contributed by atoms with Crippen LogP contribution >= 0.6 is 11.6 Å². The van der Waals surface area contributed by atoms with E-state index in [0.29, 0.717) is 43.1 Å². The molecule has 3 amide bonds. The third-order valence-corrected chi connectivity index (χ3v) is 9.33. The lowest BCUT2D eigenvalue weighted by Crippen LogP contribution is -2.54. The van der Waals surface area contributed by atoms with E-state index in [0.717, 1.165) is 18.4 Å². The number of nitrogens with one attached hydrogen (secondary N) is 2. The van der Waals surface area contributed by atoms with Crippen molar-refractivity contribution in [1.29, 1.82) is 0 Å². The smallest absolute Gasteiger partial charge is 0.250 e. The number of ether oxygens (including phenoxy) is 1. The van der Waals surface area contributed by atoms with Gasteiger partial charge in [-0.25, -0.2) is 0 Å². The third-order valence-electron chi connectivity index (χ3n) is 9.07. The number of carbonyl (C=O) groups excluding carboxylic acids is 3. The molecule has 0 saturated carbocycles. The van der Waals surface area contributed by atoms with Crippen LogP contribution in [0, 0.1) is 17.8 Å². The minimum atomic E-state index is -1.10. The Labute approximate surface area is 240 Å². The lowest BCUT2D eigenvalue weighted by atomic mass is 9.62. The second kappa shape index (κ2) is 11.5. The Morgan fingerprint density at radius 1 is 1.05 bits per heavy atom. The fourth-order valence-electron chi connectivity index (χ4n) is 7.07. The van der Waals surface area contributed by atoms with Gasteiger partial charge in [0.1, 0.15) is 11.6 Å². The minimum Gasteiger partial charge on any atom is -0.396 e. The van der Waals surface area contributed by atoms with Crippen molar-refractivity contribution < 1.29 is 24.2 Å². The van der Waals surface area contributed by atoms with Gasteiger partial charge in [-0.05, 0) is 61.9 Å². The Bertz CT molecular complexity index is 1240. The van der Waals surface area contributed by atoms with Crippen molar-refractivity contribution in [2.24, 2.45) is 17.8 Å². The summed E-state index contributed by atoms with van der Waals surface area (Å²) >= 11 is 6.04. The largest absolute Gasteiger partial charge is 0.396 e. The zero-order chi connectivity index (χ0) is 28.5. The van der Waals surface area contributed by atoms with E-state index >= 15 is 0 Å². The van der Waals surface area contributed by atoms with Crippen molar-refractivity contribution in [1.82, 2.24) is 10.2 Å². The summed E-state index contributed by atoms with van der Waals surface area (Å²) in [4.78, 5) is 43.6. The van der Waals surface area contributed by atoms with Gasteiger partial charge < -0.3 is 25.4 Å². The molecule has 2 bridgehead atoms. The first kappa shape index (κ1) is 28.6. The maximum atomic E-state index is 14.2. The van der Waals surface area contributed by atoms with Crippen molar-refractivity contribution in [3.63, 3.8) is 0 Å². The molecule has 3 heterocycles. The van der Waals surface area contributed by atoms with Crippen molar-refractivity contribution in [3.05, 3.63) is 65.2 Å². The summed E-state index contributed by atoms with van der Waals surface area (Å²) in [5.74, 6) is -2.23. The van der Waals surface area contributed by atoms with Crippen LogP contribution in [0.25, 0.3) is 0 Å². The summed E-state index contributed by atoms with van der Waals surface area (Å²) in [6, 6.07) is 15.6. The summed E-state index contributed by atoms with van der Waals surface area (Å²) in [5.41, 5.74) is -0.418. The summed E-state index contributed by atoms with van der Waals surface area (Å²) in [6.45, 7) is 4.82. The molecule has 214 valence electrons. The molecule has 3 aliphatic rings. The summed E-state index contributed by atoms with van der Waals surface area (Å²) in [6.07, 6.45) is 3.57. The molecule has 3 saturated heterocycles. The number of aliphatic hydroxyl groups excluding tert-OH is 1. The molecular formula is C31H38ClN3O5. The number of hydrogen-bond acceptors (Lipinski definition) is 5. The zero-order valence-electron chi connectivity index (χ0n) is 23.1. The van der Waals surface area contributed by atoms with Gasteiger partial charge in [0.05, 0.1) is 17.4 Å². The van der Waals surface area contributed by atoms with Crippen molar-refractivity contribution in [2.75, 3.05) is 18.5 Å². The number of rotatable bonds is 11. The molecule has 0 radical (unpaired) electrons. The second-order valence-corrected chi connectivity index (χ2v) is 12.0. The maximum absolute atomic E-state index is 14.2. The number of carbonyl (C=O) groups is 3. The predicted octanol–water partition coefficient (Wildman–Crippen LogP) is 4.16. The van der Waals surface area contributed by atoms with Crippen LogP contribution in [-0.2, 0) is 25.7 Å². The molecule has 40 heavy (non-hydrogen) atoms. The van der Waals surface area contributed by atoms with Crippen LogP contribution in [0.5, 0.6) is 0 Å². The van der Waals surface area contributed by atoms with Crippen LogP contribution in [0.2, 0.25) is 5.02 Å². The Morgan fingerprint density at radius 2 is 1.75 bits per heavy atom. The van der Waals surface area contributed by atoms with Gasteiger partial charge in [-0.1, -0.05) is 61.7 Å². The topological polar surface area (TPSA) is 108 Å². The maximum Gasteiger partial charge on any atom is 0.250 e. The van der Waals surface area contributed by atoms with E-state index in [2.05, 4.69) is 10.6 Å². The number of hydrogen-bond donors (Lipinski definition) is 3. The van der Waals surface area contributed by atoms with E-state index in [1.165, 1.54) is 0 Å². The number of benzene rings is 2. The monoisotopic (exact) mass is 567 g/mol. The summed E-state index contributed by atoms with van der Waals surface area (Å²) in [5, 5.41) is 15.7. The van der Waals surface area contributed by atoms with Gasteiger partial charge in [-0.15, -0.1) is 0 Å². The van der Waals surface area contributed by atoms with Crippen molar-refractivity contribution in [3.8, 4) is 0 Å². The molecule has 1 spiro atoms. The quantitative estimate of drug-likeness (QED) is 0.353. The van der Waals surface area contributed by atoms with Gasteiger partial charge in [0.15, 0.2) is 0 Å². The normalized spacial score (nSPS) is 30.4. The molecule has 3 N–H and O–H groups in total. The lowest BCUT2D eigenvalue weighted by molar-refractivity contribution is -0.146. The van der Waals surface area contributed by atoms with Crippen LogP contribution < -0.4 is 10.6 Å². The first-order valence-electron chi connectivity index (χ1n) is 14.2. The summed E-state index contributed by atoms with van der Waals surface area (Å²) < 4.78 is 6.77. The highest BCUT2D eigenvalue weighted by Gasteiger charge is 2.79.